The van der Waals surface area contributed by atoms with Crippen molar-refractivity contribution in [3.63, 3.8) is 0 Å². The molecule has 82 valence electrons. The first kappa shape index (κ1) is 11.5. The van der Waals surface area contributed by atoms with Crippen LogP contribution in [-0.4, -0.2) is 24.4 Å². The topological polar surface area (TPSA) is 66.0 Å². The molecule has 4 nitrogen and oxygen atoms in total. The van der Waals surface area contributed by atoms with Crippen molar-refractivity contribution in [2.45, 2.75) is 13.8 Å². The van der Waals surface area contributed by atoms with Gasteiger partial charge in [-0.1, -0.05) is 13.0 Å². The molecule has 0 saturated carbocycles. The molecule has 15 heavy (non-hydrogen) atoms. The highest BCUT2D eigenvalue weighted by Gasteiger charge is 2.11. The normalized spacial score (nSPS) is 12.2. The van der Waals surface area contributed by atoms with Crippen molar-refractivity contribution in [2.24, 2.45) is 11.7 Å². The molecular formula is C11H18N4. The van der Waals surface area contributed by atoms with Gasteiger partial charge in [-0.25, -0.2) is 4.98 Å². The highest BCUT2D eigenvalue weighted by atomic mass is 15.2. The van der Waals surface area contributed by atoms with Crippen molar-refractivity contribution in [2.75, 3.05) is 18.5 Å². The Morgan fingerprint density at radius 2 is 2.33 bits per heavy atom. The molecule has 0 fully saturated rings. The lowest BCUT2D eigenvalue weighted by Gasteiger charge is -2.23. The summed E-state index contributed by atoms with van der Waals surface area (Å²) in [5.41, 5.74) is 6.57. The van der Waals surface area contributed by atoms with Crippen molar-refractivity contribution in [1.29, 1.82) is 5.41 Å². The Balaban J connectivity index is 2.73. The van der Waals surface area contributed by atoms with Crippen LogP contribution in [0.2, 0.25) is 0 Å². The second kappa shape index (κ2) is 4.77. The Labute approximate surface area is 90.6 Å². The SMILES string of the molecule is Cc1cccnc1N(C)CC(C)C(=N)N. The summed E-state index contributed by atoms with van der Waals surface area (Å²) in [6.07, 6.45) is 1.78. The molecule has 0 bridgehead atoms. The third kappa shape index (κ3) is 2.94. The average molecular weight is 206 g/mol. The monoisotopic (exact) mass is 206 g/mol. The van der Waals surface area contributed by atoms with E-state index in [1.54, 1.807) is 6.20 Å². The van der Waals surface area contributed by atoms with Gasteiger partial charge in [0.15, 0.2) is 0 Å². The summed E-state index contributed by atoms with van der Waals surface area (Å²) in [5, 5.41) is 7.34. The van der Waals surface area contributed by atoms with E-state index < -0.39 is 0 Å². The van der Waals surface area contributed by atoms with Gasteiger partial charge in [-0.2, -0.15) is 0 Å². The van der Waals surface area contributed by atoms with Gasteiger partial charge in [0.1, 0.15) is 5.82 Å². The number of nitrogens with two attached hydrogens (primary N) is 1. The molecule has 3 N–H and O–H groups in total. The van der Waals surface area contributed by atoms with Gasteiger partial charge in [-0.05, 0) is 18.6 Å². The largest absolute Gasteiger partial charge is 0.387 e. The Bertz CT molecular complexity index is 348. The Hall–Kier alpha value is -1.58. The summed E-state index contributed by atoms with van der Waals surface area (Å²) in [4.78, 5) is 6.33. The van der Waals surface area contributed by atoms with E-state index in [0.717, 1.165) is 11.4 Å². The van der Waals surface area contributed by atoms with E-state index in [2.05, 4.69) is 4.98 Å². The van der Waals surface area contributed by atoms with Gasteiger partial charge < -0.3 is 10.6 Å². The van der Waals surface area contributed by atoms with Gasteiger partial charge >= 0.3 is 0 Å². The number of anilines is 1. The van der Waals surface area contributed by atoms with Gasteiger partial charge in [0.2, 0.25) is 0 Å². The highest BCUT2D eigenvalue weighted by Crippen LogP contribution is 2.15. The summed E-state index contributed by atoms with van der Waals surface area (Å²) < 4.78 is 0. The van der Waals surface area contributed by atoms with Crippen molar-refractivity contribution >= 4 is 11.7 Å². The van der Waals surface area contributed by atoms with Gasteiger partial charge in [0.05, 0.1) is 5.84 Å². The van der Waals surface area contributed by atoms with Crippen LogP contribution in [0.25, 0.3) is 0 Å². The minimum atomic E-state index is 0.0522. The van der Waals surface area contributed by atoms with E-state index in [0.29, 0.717) is 6.54 Å². The first-order valence-corrected chi connectivity index (χ1v) is 4.99. The summed E-state index contributed by atoms with van der Waals surface area (Å²) in [6.45, 7) is 4.68. The van der Waals surface area contributed by atoms with Gasteiger partial charge in [-0.15, -0.1) is 0 Å². The maximum Gasteiger partial charge on any atom is 0.131 e. The third-order valence-corrected chi connectivity index (χ3v) is 2.42. The van der Waals surface area contributed by atoms with Crippen molar-refractivity contribution in [1.82, 2.24) is 4.98 Å². The molecule has 0 amide bonds. The minimum Gasteiger partial charge on any atom is -0.387 e. The Morgan fingerprint density at radius 1 is 1.67 bits per heavy atom. The second-order valence-electron chi connectivity index (χ2n) is 3.88. The lowest BCUT2D eigenvalue weighted by Crippen LogP contribution is -2.32. The molecule has 0 radical (unpaired) electrons. The number of rotatable bonds is 4. The average Bonchev–Trinajstić information content (AvgIpc) is 2.18. The molecule has 0 aliphatic heterocycles. The third-order valence-electron chi connectivity index (χ3n) is 2.42. The summed E-state index contributed by atoms with van der Waals surface area (Å²) in [7, 11) is 1.97. The van der Waals surface area contributed by atoms with Crippen LogP contribution in [0, 0.1) is 18.3 Å². The molecule has 1 unspecified atom stereocenters. The van der Waals surface area contributed by atoms with Crippen molar-refractivity contribution < 1.29 is 0 Å². The van der Waals surface area contributed by atoms with Crippen molar-refractivity contribution in [3.8, 4) is 0 Å². The number of hydrogen-bond acceptors (Lipinski definition) is 3. The molecule has 1 heterocycles. The first-order valence-electron chi connectivity index (χ1n) is 4.99. The zero-order valence-electron chi connectivity index (χ0n) is 9.49. The summed E-state index contributed by atoms with van der Waals surface area (Å²) >= 11 is 0. The fraction of sp³-hybridized carbons (Fsp3) is 0.455. The maximum absolute atomic E-state index is 7.34. The number of pyridine rings is 1. The van der Waals surface area contributed by atoms with E-state index >= 15 is 0 Å². The highest BCUT2D eigenvalue weighted by molar-refractivity contribution is 5.79. The summed E-state index contributed by atoms with van der Waals surface area (Å²) in [6, 6.07) is 3.94. The van der Waals surface area contributed by atoms with Crippen LogP contribution >= 0.6 is 0 Å². The van der Waals surface area contributed by atoms with Crippen LogP contribution in [0.15, 0.2) is 18.3 Å². The lowest BCUT2D eigenvalue weighted by atomic mass is 10.1. The zero-order chi connectivity index (χ0) is 11.4. The Morgan fingerprint density at radius 3 is 2.87 bits per heavy atom. The summed E-state index contributed by atoms with van der Waals surface area (Å²) in [5.74, 6) is 1.22. The number of aryl methyl sites for hydroxylation is 1. The van der Waals surface area contributed by atoms with Crippen LogP contribution in [0.5, 0.6) is 0 Å². The molecule has 0 aliphatic carbocycles. The fourth-order valence-corrected chi connectivity index (χ4v) is 1.47. The number of aromatic nitrogens is 1. The molecule has 1 aromatic heterocycles. The van der Waals surface area contributed by atoms with Crippen LogP contribution in [0.4, 0.5) is 5.82 Å². The number of amidine groups is 1. The molecule has 1 atom stereocenters. The molecule has 1 rings (SSSR count). The molecule has 0 aliphatic rings. The number of hydrogen-bond donors (Lipinski definition) is 2. The minimum absolute atomic E-state index is 0.0522. The standard InChI is InChI=1S/C11H18N4/c1-8-5-4-6-14-11(8)15(3)7-9(2)10(12)13/h4-6,9H,7H2,1-3H3,(H3,12,13). The van der Waals surface area contributed by atoms with Crippen LogP contribution in [-0.2, 0) is 0 Å². The molecule has 4 heteroatoms. The predicted octanol–water partition coefficient (Wildman–Crippen LogP) is 1.40. The lowest BCUT2D eigenvalue weighted by molar-refractivity contribution is 0.721. The fourth-order valence-electron chi connectivity index (χ4n) is 1.47. The number of nitrogens with one attached hydrogen (secondary N) is 1. The number of nitrogens with zero attached hydrogens (tertiary/aromatic N) is 2. The molecular weight excluding hydrogens is 188 g/mol. The quantitative estimate of drug-likeness (QED) is 0.578. The smallest absolute Gasteiger partial charge is 0.131 e. The van der Waals surface area contributed by atoms with Gasteiger partial charge in [-0.3, -0.25) is 5.41 Å². The first-order chi connectivity index (χ1) is 7.02. The zero-order valence-corrected chi connectivity index (χ0v) is 9.49. The van der Waals surface area contributed by atoms with Crippen LogP contribution < -0.4 is 10.6 Å². The molecule has 0 aromatic carbocycles. The van der Waals surface area contributed by atoms with E-state index in [9.17, 15) is 0 Å². The van der Waals surface area contributed by atoms with Gasteiger partial charge in [0.25, 0.3) is 0 Å². The van der Waals surface area contributed by atoms with E-state index in [1.165, 1.54) is 0 Å². The molecule has 0 saturated heterocycles. The molecule has 1 aromatic rings. The Kier molecular flexibility index (Phi) is 3.66. The van der Waals surface area contributed by atoms with E-state index in [1.807, 2.05) is 37.9 Å². The molecule has 0 spiro atoms. The van der Waals surface area contributed by atoms with Gasteiger partial charge in [0, 0.05) is 25.7 Å². The van der Waals surface area contributed by atoms with Crippen LogP contribution in [0.3, 0.4) is 0 Å². The predicted molar refractivity (Wildman–Crippen MR) is 63.3 cm³/mol. The van der Waals surface area contributed by atoms with E-state index in [4.69, 9.17) is 11.1 Å². The van der Waals surface area contributed by atoms with Crippen molar-refractivity contribution in [3.05, 3.63) is 23.9 Å². The maximum atomic E-state index is 7.34. The van der Waals surface area contributed by atoms with Crippen LogP contribution in [0.1, 0.15) is 12.5 Å². The second-order valence-corrected chi connectivity index (χ2v) is 3.88. The van der Waals surface area contributed by atoms with E-state index in [-0.39, 0.29) is 11.8 Å².